The Labute approximate surface area is 128 Å². The third kappa shape index (κ3) is 3.11. The third-order valence-electron chi connectivity index (χ3n) is 3.63. The van der Waals surface area contributed by atoms with Crippen LogP contribution in [0.4, 0.5) is 0 Å². The standard InChI is InChI=1S/C16H17N3O3/c1-10-6-4-5-7-12(10)11(2)19(3)15(20)13-8-18-14(9-17-13)16(21)22/h4-9,11H,1-3H3,(H,21,22). The van der Waals surface area contributed by atoms with E-state index in [2.05, 4.69) is 9.97 Å². The first-order chi connectivity index (χ1) is 10.4. The van der Waals surface area contributed by atoms with Crippen LogP contribution in [0.15, 0.2) is 36.7 Å². The van der Waals surface area contributed by atoms with E-state index in [1.54, 1.807) is 11.9 Å². The predicted octanol–water partition coefficient (Wildman–Crippen LogP) is 2.32. The molecule has 0 saturated carbocycles. The number of carboxylic acids is 1. The Morgan fingerprint density at radius 2 is 1.73 bits per heavy atom. The summed E-state index contributed by atoms with van der Waals surface area (Å²) in [5.41, 5.74) is 2.08. The summed E-state index contributed by atoms with van der Waals surface area (Å²) in [6.07, 6.45) is 2.27. The molecule has 0 spiro atoms. The number of hydrogen-bond donors (Lipinski definition) is 1. The predicted molar refractivity (Wildman–Crippen MR) is 80.7 cm³/mol. The summed E-state index contributed by atoms with van der Waals surface area (Å²) >= 11 is 0. The van der Waals surface area contributed by atoms with Gasteiger partial charge in [-0.05, 0) is 25.0 Å². The van der Waals surface area contributed by atoms with Gasteiger partial charge in [-0.1, -0.05) is 24.3 Å². The molecule has 2 aromatic rings. The first kappa shape index (κ1) is 15.6. The fourth-order valence-electron chi connectivity index (χ4n) is 2.17. The minimum absolute atomic E-state index is 0.118. The second-order valence-electron chi connectivity index (χ2n) is 5.04. The van der Waals surface area contributed by atoms with Crippen molar-refractivity contribution in [1.29, 1.82) is 0 Å². The highest BCUT2D eigenvalue weighted by atomic mass is 16.4. The van der Waals surface area contributed by atoms with Gasteiger partial charge in [-0.2, -0.15) is 0 Å². The van der Waals surface area contributed by atoms with Gasteiger partial charge in [0.25, 0.3) is 5.91 Å². The van der Waals surface area contributed by atoms with E-state index in [-0.39, 0.29) is 23.3 Å². The minimum atomic E-state index is -1.17. The van der Waals surface area contributed by atoms with E-state index in [1.165, 1.54) is 6.20 Å². The van der Waals surface area contributed by atoms with Crippen molar-refractivity contribution in [2.24, 2.45) is 0 Å². The second-order valence-corrected chi connectivity index (χ2v) is 5.04. The first-order valence-corrected chi connectivity index (χ1v) is 6.80. The number of benzene rings is 1. The molecular formula is C16H17N3O3. The lowest BCUT2D eigenvalue weighted by Gasteiger charge is -2.26. The van der Waals surface area contributed by atoms with Crippen LogP contribution in [0.5, 0.6) is 0 Å². The molecule has 0 saturated heterocycles. The molecule has 1 unspecified atom stereocenters. The van der Waals surface area contributed by atoms with Gasteiger partial charge in [0.05, 0.1) is 18.4 Å². The zero-order valence-electron chi connectivity index (χ0n) is 12.6. The van der Waals surface area contributed by atoms with Crippen molar-refractivity contribution >= 4 is 11.9 Å². The molecule has 0 aliphatic rings. The Morgan fingerprint density at radius 1 is 1.14 bits per heavy atom. The van der Waals surface area contributed by atoms with E-state index >= 15 is 0 Å². The lowest BCUT2D eigenvalue weighted by atomic mass is 10.0. The molecule has 22 heavy (non-hydrogen) atoms. The van der Waals surface area contributed by atoms with Gasteiger partial charge in [-0.25, -0.2) is 14.8 Å². The minimum Gasteiger partial charge on any atom is -0.476 e. The van der Waals surface area contributed by atoms with Gasteiger partial charge in [0, 0.05) is 7.05 Å². The summed E-state index contributed by atoms with van der Waals surface area (Å²) in [6, 6.07) is 7.71. The Kier molecular flexibility index (Phi) is 4.50. The van der Waals surface area contributed by atoms with E-state index < -0.39 is 5.97 Å². The first-order valence-electron chi connectivity index (χ1n) is 6.80. The van der Waals surface area contributed by atoms with Crippen LogP contribution in [0.2, 0.25) is 0 Å². The summed E-state index contributed by atoms with van der Waals surface area (Å²) < 4.78 is 0. The van der Waals surface area contributed by atoms with Gasteiger partial charge in [0.15, 0.2) is 5.69 Å². The number of hydrogen-bond acceptors (Lipinski definition) is 4. The molecule has 0 aliphatic carbocycles. The Morgan fingerprint density at radius 3 is 2.27 bits per heavy atom. The molecule has 1 aromatic heterocycles. The van der Waals surface area contributed by atoms with Crippen molar-refractivity contribution in [3.8, 4) is 0 Å². The monoisotopic (exact) mass is 299 g/mol. The van der Waals surface area contributed by atoms with Crippen molar-refractivity contribution in [3.63, 3.8) is 0 Å². The molecule has 6 nitrogen and oxygen atoms in total. The van der Waals surface area contributed by atoms with Crippen LogP contribution in [0, 0.1) is 6.92 Å². The SMILES string of the molecule is Cc1ccccc1C(C)N(C)C(=O)c1cnc(C(=O)O)cn1. The molecule has 1 N–H and O–H groups in total. The number of nitrogens with zero attached hydrogens (tertiary/aromatic N) is 3. The second kappa shape index (κ2) is 6.34. The van der Waals surface area contributed by atoms with Crippen molar-refractivity contribution in [2.75, 3.05) is 7.05 Å². The van der Waals surface area contributed by atoms with Gasteiger partial charge in [0.1, 0.15) is 5.69 Å². The molecule has 0 aliphatic heterocycles. The average molecular weight is 299 g/mol. The average Bonchev–Trinajstić information content (AvgIpc) is 2.53. The molecule has 1 heterocycles. The number of carbonyl (C=O) groups is 2. The lowest BCUT2D eigenvalue weighted by Crippen LogP contribution is -2.31. The van der Waals surface area contributed by atoms with Crippen molar-refractivity contribution in [2.45, 2.75) is 19.9 Å². The molecule has 0 fully saturated rings. The molecule has 1 amide bonds. The fourth-order valence-corrected chi connectivity index (χ4v) is 2.17. The van der Waals surface area contributed by atoms with Gasteiger partial charge in [0.2, 0.25) is 0 Å². The molecule has 1 aromatic carbocycles. The van der Waals surface area contributed by atoms with E-state index in [4.69, 9.17) is 5.11 Å². The number of carboxylic acid groups (broad SMARTS) is 1. The number of carbonyl (C=O) groups excluding carboxylic acids is 1. The normalized spacial score (nSPS) is 11.8. The largest absolute Gasteiger partial charge is 0.476 e. The van der Waals surface area contributed by atoms with E-state index in [1.807, 2.05) is 38.1 Å². The van der Waals surface area contributed by atoms with E-state index in [0.717, 1.165) is 17.3 Å². The maximum atomic E-state index is 12.4. The number of rotatable bonds is 4. The van der Waals surface area contributed by atoms with Crippen molar-refractivity contribution < 1.29 is 14.7 Å². The van der Waals surface area contributed by atoms with Crippen LogP contribution in [-0.4, -0.2) is 38.9 Å². The van der Waals surface area contributed by atoms with Gasteiger partial charge in [-0.15, -0.1) is 0 Å². The fraction of sp³-hybridized carbons (Fsp3) is 0.250. The van der Waals surface area contributed by atoms with Crippen LogP contribution >= 0.6 is 0 Å². The van der Waals surface area contributed by atoms with Gasteiger partial charge in [-0.3, -0.25) is 4.79 Å². The summed E-state index contributed by atoms with van der Waals surface area (Å²) in [5.74, 6) is -1.48. The molecule has 114 valence electrons. The number of aryl methyl sites for hydroxylation is 1. The van der Waals surface area contributed by atoms with Crippen molar-refractivity contribution in [3.05, 3.63) is 59.2 Å². The zero-order valence-corrected chi connectivity index (χ0v) is 12.6. The van der Waals surface area contributed by atoms with Crippen LogP contribution in [0.25, 0.3) is 0 Å². The van der Waals surface area contributed by atoms with Crippen LogP contribution in [-0.2, 0) is 0 Å². The summed E-state index contributed by atoms with van der Waals surface area (Å²) in [5, 5.41) is 8.79. The number of amides is 1. The lowest BCUT2D eigenvalue weighted by molar-refractivity contribution is 0.0684. The van der Waals surface area contributed by atoms with Crippen LogP contribution in [0.1, 0.15) is 45.1 Å². The zero-order chi connectivity index (χ0) is 16.3. The van der Waals surface area contributed by atoms with Crippen LogP contribution in [0.3, 0.4) is 0 Å². The Balaban J connectivity index is 2.21. The number of aromatic nitrogens is 2. The topological polar surface area (TPSA) is 83.4 Å². The molecule has 6 heteroatoms. The summed E-state index contributed by atoms with van der Waals surface area (Å²) in [4.78, 5) is 32.3. The van der Waals surface area contributed by atoms with E-state index in [9.17, 15) is 9.59 Å². The highest BCUT2D eigenvalue weighted by Gasteiger charge is 2.21. The molecule has 0 radical (unpaired) electrons. The third-order valence-corrected chi connectivity index (χ3v) is 3.63. The molecule has 1 atom stereocenters. The number of aromatic carboxylic acids is 1. The molecule has 2 rings (SSSR count). The van der Waals surface area contributed by atoms with Crippen molar-refractivity contribution in [1.82, 2.24) is 14.9 Å². The smallest absolute Gasteiger partial charge is 0.356 e. The maximum absolute atomic E-state index is 12.4. The van der Waals surface area contributed by atoms with Crippen LogP contribution < -0.4 is 0 Å². The summed E-state index contributed by atoms with van der Waals surface area (Å²) in [7, 11) is 1.69. The highest BCUT2D eigenvalue weighted by molar-refractivity contribution is 5.92. The van der Waals surface area contributed by atoms with E-state index in [0.29, 0.717) is 0 Å². The van der Waals surface area contributed by atoms with Gasteiger partial charge < -0.3 is 10.0 Å². The summed E-state index contributed by atoms with van der Waals surface area (Å²) in [6.45, 7) is 3.92. The maximum Gasteiger partial charge on any atom is 0.356 e. The Hall–Kier alpha value is -2.76. The Bertz CT molecular complexity index is 698. The molecular weight excluding hydrogens is 282 g/mol. The highest BCUT2D eigenvalue weighted by Crippen LogP contribution is 2.23. The quantitative estimate of drug-likeness (QED) is 0.936. The molecule has 0 bridgehead atoms. The van der Waals surface area contributed by atoms with Gasteiger partial charge >= 0.3 is 5.97 Å².